The van der Waals surface area contributed by atoms with Gasteiger partial charge >= 0.3 is 0 Å². The molecule has 0 bridgehead atoms. The Labute approximate surface area is 240 Å². The molecule has 1 aliphatic heterocycles. The number of sulfone groups is 1. The Hall–Kier alpha value is -4.23. The van der Waals surface area contributed by atoms with Crippen molar-refractivity contribution in [3.8, 4) is 0 Å². The molecule has 11 nitrogen and oxygen atoms in total. The number of furan rings is 1. The summed E-state index contributed by atoms with van der Waals surface area (Å²) in [6, 6.07) is 12.7. The van der Waals surface area contributed by atoms with Gasteiger partial charge in [0.2, 0.25) is 11.8 Å². The summed E-state index contributed by atoms with van der Waals surface area (Å²) in [6.45, 7) is 1.19. The van der Waals surface area contributed by atoms with Crippen LogP contribution in [-0.4, -0.2) is 67.5 Å². The van der Waals surface area contributed by atoms with Gasteiger partial charge in [0, 0.05) is 45.0 Å². The highest BCUT2D eigenvalue weighted by Crippen LogP contribution is 2.29. The SMILES string of the molecule is C[C@@H](NC(=O)[C@@H]1C[C@@H](S(C)(=O)=O)CN1C(=O)CNC(=O)c1ccc2oc3ccccc3c2c1)c1cc(C(=N)N)cs1. The number of amidine groups is 1. The molecule has 41 heavy (non-hydrogen) atoms. The van der Waals surface area contributed by atoms with E-state index in [1.807, 2.05) is 24.3 Å². The van der Waals surface area contributed by atoms with Crippen LogP contribution in [0, 0.1) is 5.41 Å². The van der Waals surface area contributed by atoms with Crippen molar-refractivity contribution in [3.63, 3.8) is 0 Å². The monoisotopic (exact) mass is 595 g/mol. The molecule has 5 rings (SSSR count). The largest absolute Gasteiger partial charge is 0.456 e. The van der Waals surface area contributed by atoms with Crippen molar-refractivity contribution < 1.29 is 27.2 Å². The standard InChI is InChI=1S/C28H29N5O6S2/c1-15(24-10-17(14-40-24)26(29)30)32-28(36)21-11-18(41(2,37)38)13-33(21)25(34)12-31-27(35)16-7-8-23-20(9-16)19-5-3-4-6-22(19)39-23/h3-10,14-15,18,21H,11-13H2,1-2H3,(H3,29,30)(H,31,35)(H,32,36)/t15-,18-,21+/m1/s1. The van der Waals surface area contributed by atoms with E-state index in [1.54, 1.807) is 36.6 Å². The van der Waals surface area contributed by atoms with E-state index in [9.17, 15) is 22.8 Å². The zero-order chi connectivity index (χ0) is 29.5. The Kier molecular flexibility index (Phi) is 7.58. The first-order valence-corrected chi connectivity index (χ1v) is 15.7. The van der Waals surface area contributed by atoms with Crippen molar-refractivity contribution >= 4 is 66.7 Å². The topological polar surface area (TPSA) is 176 Å². The molecule has 13 heteroatoms. The molecule has 0 saturated carbocycles. The summed E-state index contributed by atoms with van der Waals surface area (Å²) >= 11 is 1.33. The highest BCUT2D eigenvalue weighted by atomic mass is 32.2. The minimum absolute atomic E-state index is 0.0512. The fourth-order valence-electron chi connectivity index (χ4n) is 4.96. The van der Waals surface area contributed by atoms with E-state index in [0.717, 1.165) is 21.9 Å². The second kappa shape index (κ2) is 11.0. The fraction of sp³-hybridized carbons (Fsp3) is 0.286. The van der Waals surface area contributed by atoms with Gasteiger partial charge in [-0.15, -0.1) is 11.3 Å². The van der Waals surface area contributed by atoms with Crippen LogP contribution in [0.5, 0.6) is 0 Å². The van der Waals surface area contributed by atoms with Crippen LogP contribution in [-0.2, 0) is 19.4 Å². The molecule has 1 saturated heterocycles. The molecule has 3 atom stereocenters. The summed E-state index contributed by atoms with van der Waals surface area (Å²) in [6.07, 6.45) is 1.03. The number of nitrogen functional groups attached to an aromatic ring is 1. The number of benzene rings is 2. The van der Waals surface area contributed by atoms with E-state index in [4.69, 9.17) is 15.6 Å². The maximum Gasteiger partial charge on any atom is 0.251 e. The number of nitrogens with one attached hydrogen (secondary N) is 3. The fourth-order valence-corrected chi connectivity index (χ4v) is 6.84. The Balaban J connectivity index is 1.28. The van der Waals surface area contributed by atoms with Crippen molar-refractivity contribution in [2.45, 2.75) is 30.7 Å². The third-order valence-electron chi connectivity index (χ3n) is 7.25. The number of carbonyl (C=O) groups is 3. The van der Waals surface area contributed by atoms with Crippen LogP contribution in [0.1, 0.15) is 40.2 Å². The van der Waals surface area contributed by atoms with Gasteiger partial charge in [0.15, 0.2) is 9.84 Å². The molecular formula is C28H29N5O6S2. The molecule has 214 valence electrons. The van der Waals surface area contributed by atoms with Crippen molar-refractivity contribution in [3.05, 3.63) is 69.9 Å². The van der Waals surface area contributed by atoms with Gasteiger partial charge in [-0.3, -0.25) is 19.8 Å². The predicted octanol–water partition coefficient (Wildman–Crippen LogP) is 2.55. The zero-order valence-electron chi connectivity index (χ0n) is 22.3. The molecule has 0 radical (unpaired) electrons. The third kappa shape index (κ3) is 5.81. The molecule has 5 N–H and O–H groups in total. The Morgan fingerprint density at radius 2 is 1.85 bits per heavy atom. The number of likely N-dealkylation sites (tertiary alicyclic amines) is 1. The van der Waals surface area contributed by atoms with Gasteiger partial charge in [-0.2, -0.15) is 0 Å². The minimum Gasteiger partial charge on any atom is -0.456 e. The van der Waals surface area contributed by atoms with Crippen LogP contribution in [0.2, 0.25) is 0 Å². The van der Waals surface area contributed by atoms with Gasteiger partial charge < -0.3 is 25.7 Å². The average molecular weight is 596 g/mol. The Morgan fingerprint density at radius 3 is 2.56 bits per heavy atom. The highest BCUT2D eigenvalue weighted by Gasteiger charge is 2.43. The van der Waals surface area contributed by atoms with Gasteiger partial charge in [-0.05, 0) is 43.7 Å². The maximum atomic E-state index is 13.3. The van der Waals surface area contributed by atoms with Gasteiger partial charge in [-0.1, -0.05) is 18.2 Å². The number of para-hydroxylation sites is 1. The highest BCUT2D eigenvalue weighted by molar-refractivity contribution is 7.91. The van der Waals surface area contributed by atoms with E-state index < -0.39 is 51.4 Å². The van der Waals surface area contributed by atoms with Gasteiger partial charge in [0.25, 0.3) is 5.91 Å². The first-order valence-electron chi connectivity index (χ1n) is 12.8. The van der Waals surface area contributed by atoms with Crippen LogP contribution < -0.4 is 16.4 Å². The second-order valence-electron chi connectivity index (χ2n) is 10.1. The number of amides is 3. The molecule has 1 aliphatic rings. The first kappa shape index (κ1) is 28.3. The number of hydrogen-bond acceptors (Lipinski definition) is 8. The van der Waals surface area contributed by atoms with Crippen molar-refractivity contribution in [1.82, 2.24) is 15.5 Å². The zero-order valence-corrected chi connectivity index (χ0v) is 24.0. The molecule has 3 heterocycles. The number of rotatable bonds is 8. The molecule has 0 unspecified atom stereocenters. The average Bonchev–Trinajstić information content (AvgIpc) is 3.68. The lowest BCUT2D eigenvalue weighted by atomic mass is 10.1. The minimum atomic E-state index is -3.54. The second-order valence-corrected chi connectivity index (χ2v) is 13.4. The molecular weight excluding hydrogens is 566 g/mol. The van der Waals surface area contributed by atoms with E-state index in [2.05, 4.69) is 10.6 Å². The maximum absolute atomic E-state index is 13.3. The number of nitrogens with zero attached hydrogens (tertiary/aromatic N) is 1. The smallest absolute Gasteiger partial charge is 0.251 e. The van der Waals surface area contributed by atoms with Crippen molar-refractivity contribution in [1.29, 1.82) is 5.41 Å². The number of nitrogens with two attached hydrogens (primary N) is 1. The summed E-state index contributed by atoms with van der Waals surface area (Å²) in [7, 11) is -3.54. The van der Waals surface area contributed by atoms with Crippen LogP contribution >= 0.6 is 11.3 Å². The predicted molar refractivity (Wildman–Crippen MR) is 157 cm³/mol. The third-order valence-corrected chi connectivity index (χ3v) is 9.91. The van der Waals surface area contributed by atoms with Crippen LogP contribution in [0.4, 0.5) is 0 Å². The number of hydrogen-bond donors (Lipinski definition) is 4. The molecule has 4 aromatic rings. The summed E-state index contributed by atoms with van der Waals surface area (Å²) < 4.78 is 30.5. The van der Waals surface area contributed by atoms with E-state index in [-0.39, 0.29) is 18.8 Å². The summed E-state index contributed by atoms with van der Waals surface area (Å²) in [5.74, 6) is -1.65. The van der Waals surface area contributed by atoms with E-state index in [1.165, 1.54) is 16.2 Å². The van der Waals surface area contributed by atoms with Gasteiger partial charge in [-0.25, -0.2) is 8.42 Å². The van der Waals surface area contributed by atoms with Crippen molar-refractivity contribution in [2.24, 2.45) is 5.73 Å². The van der Waals surface area contributed by atoms with Crippen molar-refractivity contribution in [2.75, 3.05) is 19.3 Å². The number of carbonyl (C=O) groups excluding carboxylic acids is 3. The molecule has 0 spiro atoms. The number of thiophene rings is 1. The molecule has 1 fully saturated rings. The Bertz CT molecular complexity index is 1790. The lowest BCUT2D eigenvalue weighted by Crippen LogP contribution is -2.49. The van der Waals surface area contributed by atoms with Crippen LogP contribution in [0.25, 0.3) is 21.9 Å². The Morgan fingerprint density at radius 1 is 1.12 bits per heavy atom. The normalized spacial score (nSPS) is 18.0. The molecule has 2 aromatic heterocycles. The number of fused-ring (bicyclic) bond motifs is 3. The van der Waals surface area contributed by atoms with Gasteiger partial charge in [0.1, 0.15) is 23.0 Å². The summed E-state index contributed by atoms with van der Waals surface area (Å²) in [5.41, 5.74) is 7.73. The quantitative estimate of drug-likeness (QED) is 0.179. The lowest BCUT2D eigenvalue weighted by molar-refractivity contribution is -0.137. The first-order chi connectivity index (χ1) is 19.4. The molecule has 3 amide bonds. The van der Waals surface area contributed by atoms with E-state index >= 15 is 0 Å². The van der Waals surface area contributed by atoms with Crippen LogP contribution in [0.3, 0.4) is 0 Å². The molecule has 0 aliphatic carbocycles. The summed E-state index contributed by atoms with van der Waals surface area (Å²) in [5, 5.41) is 15.4. The van der Waals surface area contributed by atoms with E-state index in [0.29, 0.717) is 22.3 Å². The summed E-state index contributed by atoms with van der Waals surface area (Å²) in [4.78, 5) is 41.4. The van der Waals surface area contributed by atoms with Crippen LogP contribution in [0.15, 0.2) is 58.3 Å². The van der Waals surface area contributed by atoms with Gasteiger partial charge in [0.05, 0.1) is 17.8 Å². The molecule has 2 aromatic carbocycles. The lowest BCUT2D eigenvalue weighted by Gasteiger charge is -2.25.